The molecule has 16 heavy (non-hydrogen) atoms. The molecule has 1 saturated heterocycles. The molecule has 0 spiro atoms. The summed E-state index contributed by atoms with van der Waals surface area (Å²) < 4.78 is 5.35. The quantitative estimate of drug-likeness (QED) is 0.864. The zero-order valence-corrected chi connectivity index (χ0v) is 9.48. The molecule has 0 aromatic heterocycles. The molecule has 2 rings (SSSR count). The monoisotopic (exact) mass is 240 g/mol. The van der Waals surface area contributed by atoms with Gasteiger partial charge in [0.15, 0.2) is 0 Å². The third kappa shape index (κ3) is 2.36. The van der Waals surface area contributed by atoms with Crippen LogP contribution in [0.1, 0.15) is 17.9 Å². The zero-order valence-electron chi connectivity index (χ0n) is 8.73. The van der Waals surface area contributed by atoms with Crippen LogP contribution in [0.15, 0.2) is 24.3 Å². The zero-order chi connectivity index (χ0) is 11.5. The molecular weight excluding hydrogens is 228 g/mol. The van der Waals surface area contributed by atoms with E-state index in [0.717, 1.165) is 5.56 Å². The Morgan fingerprint density at radius 2 is 2.06 bits per heavy atom. The molecule has 1 aromatic rings. The summed E-state index contributed by atoms with van der Waals surface area (Å²) in [5, 5.41) is 9.80. The Labute approximate surface area is 99.0 Å². The highest BCUT2D eigenvalue weighted by Crippen LogP contribution is 2.31. The molecule has 1 fully saturated rings. The molecule has 0 radical (unpaired) electrons. The van der Waals surface area contributed by atoms with Gasteiger partial charge in [-0.3, -0.25) is 4.79 Å². The fraction of sp³-hybridized carbons (Fsp3) is 0.417. The number of rotatable bonds is 2. The molecule has 0 bridgehead atoms. The predicted molar refractivity (Wildman–Crippen MR) is 60.8 cm³/mol. The summed E-state index contributed by atoms with van der Waals surface area (Å²) in [6, 6.07) is 7.31. The van der Waals surface area contributed by atoms with Crippen LogP contribution in [0.25, 0.3) is 0 Å². The maximum absolute atomic E-state index is 11.1. The molecule has 0 saturated carbocycles. The summed E-state index contributed by atoms with van der Waals surface area (Å²) in [5.74, 6) is -1.17. The second kappa shape index (κ2) is 4.85. The topological polar surface area (TPSA) is 46.5 Å². The molecule has 1 N–H and O–H groups in total. The number of halogens is 1. The number of carboxylic acids is 1. The molecular formula is C12H13ClO3. The first-order valence-electron chi connectivity index (χ1n) is 5.24. The van der Waals surface area contributed by atoms with Crippen molar-refractivity contribution >= 4 is 17.6 Å². The number of hydrogen-bond donors (Lipinski definition) is 1. The largest absolute Gasteiger partial charge is 0.481 e. The molecule has 2 atom stereocenters. The first-order valence-corrected chi connectivity index (χ1v) is 5.62. The van der Waals surface area contributed by atoms with Gasteiger partial charge in [0.1, 0.15) is 0 Å². The van der Waals surface area contributed by atoms with Gasteiger partial charge in [0, 0.05) is 17.5 Å². The van der Waals surface area contributed by atoms with E-state index in [2.05, 4.69) is 0 Å². The van der Waals surface area contributed by atoms with Gasteiger partial charge in [0.2, 0.25) is 0 Å². The summed E-state index contributed by atoms with van der Waals surface area (Å²) in [6.45, 7) is 1.000. The van der Waals surface area contributed by atoms with Gasteiger partial charge in [-0.05, 0) is 24.1 Å². The van der Waals surface area contributed by atoms with E-state index in [1.165, 1.54) is 0 Å². The highest BCUT2D eigenvalue weighted by atomic mass is 35.5. The number of carbonyl (C=O) groups is 1. The Bertz CT molecular complexity index is 374. The Balaban J connectivity index is 2.23. The molecule has 2 unspecified atom stereocenters. The van der Waals surface area contributed by atoms with Gasteiger partial charge in [0.25, 0.3) is 0 Å². The minimum atomic E-state index is -0.747. The number of ether oxygens (including phenoxy) is 1. The van der Waals surface area contributed by atoms with Crippen LogP contribution < -0.4 is 0 Å². The molecule has 0 aliphatic carbocycles. The van der Waals surface area contributed by atoms with Crippen molar-refractivity contribution in [3.05, 3.63) is 34.9 Å². The minimum absolute atomic E-state index is 0.0662. The first kappa shape index (κ1) is 11.4. The van der Waals surface area contributed by atoms with Gasteiger partial charge < -0.3 is 9.84 Å². The summed E-state index contributed by atoms with van der Waals surface area (Å²) >= 11 is 5.80. The van der Waals surface area contributed by atoms with Crippen molar-refractivity contribution in [3.63, 3.8) is 0 Å². The fourth-order valence-corrected chi connectivity index (χ4v) is 2.20. The van der Waals surface area contributed by atoms with E-state index >= 15 is 0 Å². The molecule has 1 aliphatic heterocycles. The van der Waals surface area contributed by atoms with Crippen molar-refractivity contribution in [3.8, 4) is 0 Å². The van der Waals surface area contributed by atoms with Crippen LogP contribution in [0.5, 0.6) is 0 Å². The van der Waals surface area contributed by atoms with E-state index in [9.17, 15) is 4.79 Å². The van der Waals surface area contributed by atoms with Crippen molar-refractivity contribution in [2.75, 3.05) is 13.2 Å². The van der Waals surface area contributed by atoms with Crippen LogP contribution >= 0.6 is 11.6 Å². The second-order valence-electron chi connectivity index (χ2n) is 3.97. The second-order valence-corrected chi connectivity index (χ2v) is 4.40. The van der Waals surface area contributed by atoms with E-state index in [4.69, 9.17) is 21.4 Å². The maximum atomic E-state index is 11.1. The predicted octanol–water partition coefficient (Wildman–Crippen LogP) is 2.54. The fourth-order valence-electron chi connectivity index (χ4n) is 2.07. The lowest BCUT2D eigenvalue weighted by molar-refractivity contribution is -0.146. The first-order chi connectivity index (χ1) is 7.68. The highest BCUT2D eigenvalue weighted by Gasteiger charge is 2.32. The number of carboxylic acid groups (broad SMARTS) is 1. The normalized spacial score (nSPS) is 25.3. The molecule has 3 nitrogen and oxygen atoms in total. The van der Waals surface area contributed by atoms with E-state index in [1.54, 1.807) is 12.1 Å². The highest BCUT2D eigenvalue weighted by molar-refractivity contribution is 6.30. The summed E-state index contributed by atoms with van der Waals surface area (Å²) in [7, 11) is 0. The van der Waals surface area contributed by atoms with Crippen LogP contribution in [-0.4, -0.2) is 24.3 Å². The Kier molecular flexibility index (Phi) is 3.46. The molecule has 1 heterocycles. The van der Waals surface area contributed by atoms with E-state index < -0.39 is 5.97 Å². The van der Waals surface area contributed by atoms with Gasteiger partial charge >= 0.3 is 5.97 Å². The molecule has 86 valence electrons. The molecule has 4 heteroatoms. The number of hydrogen-bond acceptors (Lipinski definition) is 2. The van der Waals surface area contributed by atoms with E-state index in [0.29, 0.717) is 24.7 Å². The van der Waals surface area contributed by atoms with Gasteiger partial charge in [-0.1, -0.05) is 23.7 Å². The third-order valence-corrected chi connectivity index (χ3v) is 3.22. The summed E-state index contributed by atoms with van der Waals surface area (Å²) in [5.41, 5.74) is 0.983. The Hall–Kier alpha value is -1.06. The lowest BCUT2D eigenvalue weighted by atomic mass is 9.83. The van der Waals surface area contributed by atoms with Crippen molar-refractivity contribution in [2.45, 2.75) is 12.3 Å². The van der Waals surface area contributed by atoms with Crippen LogP contribution in [-0.2, 0) is 9.53 Å². The Morgan fingerprint density at radius 3 is 2.69 bits per heavy atom. The van der Waals surface area contributed by atoms with Crippen LogP contribution in [0.2, 0.25) is 5.02 Å². The summed E-state index contributed by atoms with van der Waals surface area (Å²) in [6.07, 6.45) is 0.572. The van der Waals surface area contributed by atoms with Crippen molar-refractivity contribution in [1.82, 2.24) is 0 Å². The van der Waals surface area contributed by atoms with Crippen molar-refractivity contribution < 1.29 is 14.6 Å². The van der Waals surface area contributed by atoms with Gasteiger partial charge in [0.05, 0.1) is 12.5 Å². The van der Waals surface area contributed by atoms with Crippen LogP contribution in [0.4, 0.5) is 0 Å². The third-order valence-electron chi connectivity index (χ3n) is 2.97. The maximum Gasteiger partial charge on any atom is 0.307 e. The van der Waals surface area contributed by atoms with E-state index in [-0.39, 0.29) is 11.8 Å². The number of aliphatic carboxylic acids is 1. The molecule has 1 aliphatic rings. The lowest BCUT2D eigenvalue weighted by Crippen LogP contribution is -2.31. The molecule has 0 amide bonds. The smallest absolute Gasteiger partial charge is 0.307 e. The Morgan fingerprint density at radius 1 is 1.38 bits per heavy atom. The standard InChI is InChI=1S/C12H13ClO3/c13-9-3-1-8(2-4-9)11-7-16-6-5-10(11)12(14)15/h1-4,10-11H,5-7H2,(H,14,15). The van der Waals surface area contributed by atoms with Gasteiger partial charge in [-0.25, -0.2) is 0 Å². The van der Waals surface area contributed by atoms with Crippen LogP contribution in [0, 0.1) is 5.92 Å². The molecule has 1 aromatic carbocycles. The minimum Gasteiger partial charge on any atom is -0.481 e. The lowest BCUT2D eigenvalue weighted by Gasteiger charge is -2.28. The van der Waals surface area contributed by atoms with E-state index in [1.807, 2.05) is 12.1 Å². The SMILES string of the molecule is O=C(O)C1CCOCC1c1ccc(Cl)cc1. The van der Waals surface area contributed by atoms with Gasteiger partial charge in [-0.15, -0.1) is 0 Å². The van der Waals surface area contributed by atoms with Gasteiger partial charge in [-0.2, -0.15) is 0 Å². The number of benzene rings is 1. The summed E-state index contributed by atoms with van der Waals surface area (Å²) in [4.78, 5) is 11.1. The van der Waals surface area contributed by atoms with Crippen molar-refractivity contribution in [2.24, 2.45) is 5.92 Å². The van der Waals surface area contributed by atoms with Crippen molar-refractivity contribution in [1.29, 1.82) is 0 Å². The average Bonchev–Trinajstić information content (AvgIpc) is 2.30. The average molecular weight is 241 g/mol. The van der Waals surface area contributed by atoms with Crippen LogP contribution in [0.3, 0.4) is 0 Å².